The number of hydrogen-bond donors (Lipinski definition) is 2. The molecule has 0 atom stereocenters. The van der Waals surface area contributed by atoms with Crippen molar-refractivity contribution >= 4 is 0 Å². The van der Waals surface area contributed by atoms with Gasteiger partial charge in [-0.1, -0.05) is 26.8 Å². The number of allylic oxidation sites excluding steroid dienone is 3. The highest BCUT2D eigenvalue weighted by Gasteiger charge is 2.26. The van der Waals surface area contributed by atoms with Gasteiger partial charge in [-0.05, 0) is 18.4 Å². The van der Waals surface area contributed by atoms with Gasteiger partial charge in [0.25, 0.3) is 0 Å². The van der Waals surface area contributed by atoms with Gasteiger partial charge in [0.05, 0.1) is 0 Å². The van der Waals surface area contributed by atoms with Gasteiger partial charge in [-0.25, -0.2) is 0 Å². The quantitative estimate of drug-likeness (QED) is 0.625. The van der Waals surface area contributed by atoms with Crippen LogP contribution in [-0.4, -0.2) is 0 Å². The van der Waals surface area contributed by atoms with Gasteiger partial charge in [0.2, 0.25) is 0 Å². The molecule has 0 aliphatic heterocycles. The lowest BCUT2D eigenvalue weighted by Gasteiger charge is -2.30. The molecule has 68 valence electrons. The lowest BCUT2D eigenvalue weighted by molar-refractivity contribution is 0.433. The minimum atomic E-state index is 0.0915. The smallest absolute Gasteiger partial charge is 0.0323 e. The number of hydrogen-bond acceptors (Lipinski definition) is 2. The Bertz CT molecular complexity index is 247. The average molecular weight is 166 g/mol. The van der Waals surface area contributed by atoms with E-state index in [1.54, 1.807) is 0 Å². The molecule has 0 saturated heterocycles. The summed E-state index contributed by atoms with van der Waals surface area (Å²) >= 11 is 0. The summed E-state index contributed by atoms with van der Waals surface area (Å²) in [6.07, 6.45) is 3.96. The van der Waals surface area contributed by atoms with Gasteiger partial charge in [-0.3, -0.25) is 0 Å². The highest BCUT2D eigenvalue weighted by atomic mass is 14.7. The highest BCUT2D eigenvalue weighted by Crippen LogP contribution is 2.36. The molecule has 0 aromatic heterocycles. The summed E-state index contributed by atoms with van der Waals surface area (Å²) in [5.74, 6) is 0. The van der Waals surface area contributed by atoms with Gasteiger partial charge in [0, 0.05) is 16.8 Å². The summed E-state index contributed by atoms with van der Waals surface area (Å²) in [4.78, 5) is 0. The fraction of sp³-hybridized carbons (Fsp3) is 0.600. The van der Waals surface area contributed by atoms with E-state index in [-0.39, 0.29) is 5.41 Å². The van der Waals surface area contributed by atoms with Crippen molar-refractivity contribution in [2.45, 2.75) is 33.6 Å². The van der Waals surface area contributed by atoms with Crippen LogP contribution in [0.25, 0.3) is 0 Å². The molecule has 1 rings (SSSR count). The highest BCUT2D eigenvalue weighted by molar-refractivity contribution is 5.38. The van der Waals surface area contributed by atoms with Crippen LogP contribution < -0.4 is 11.5 Å². The number of nitrogens with two attached hydrogens (primary N) is 2. The minimum absolute atomic E-state index is 0.0915. The van der Waals surface area contributed by atoms with Crippen LogP contribution in [-0.2, 0) is 0 Å². The topological polar surface area (TPSA) is 52.0 Å². The van der Waals surface area contributed by atoms with Crippen molar-refractivity contribution in [1.29, 1.82) is 0 Å². The van der Waals surface area contributed by atoms with E-state index in [2.05, 4.69) is 26.8 Å². The SMILES string of the molecule is CCC1=C(N)C(C)(C)CC=C1N. The van der Waals surface area contributed by atoms with E-state index in [4.69, 9.17) is 11.5 Å². The van der Waals surface area contributed by atoms with Crippen LogP contribution in [0.4, 0.5) is 0 Å². The Labute approximate surface area is 74.3 Å². The summed E-state index contributed by atoms with van der Waals surface area (Å²) in [5, 5.41) is 0. The van der Waals surface area contributed by atoms with Gasteiger partial charge in [0.1, 0.15) is 0 Å². The van der Waals surface area contributed by atoms with Crippen LogP contribution in [0.5, 0.6) is 0 Å². The lowest BCUT2D eigenvalue weighted by atomic mass is 9.78. The molecule has 1 aliphatic carbocycles. The summed E-state index contributed by atoms with van der Waals surface area (Å²) in [7, 11) is 0. The Balaban J connectivity index is 3.09. The van der Waals surface area contributed by atoms with Crippen molar-refractivity contribution in [3.63, 3.8) is 0 Å². The first-order valence-corrected chi connectivity index (χ1v) is 4.44. The molecule has 1 aliphatic rings. The third-order valence-corrected chi connectivity index (χ3v) is 2.59. The maximum absolute atomic E-state index is 6.02. The summed E-state index contributed by atoms with van der Waals surface area (Å²) in [5.41, 5.74) is 14.9. The zero-order valence-electron chi connectivity index (χ0n) is 8.15. The molecule has 0 saturated carbocycles. The number of rotatable bonds is 1. The molecule has 0 amide bonds. The third-order valence-electron chi connectivity index (χ3n) is 2.59. The van der Waals surface area contributed by atoms with Gasteiger partial charge >= 0.3 is 0 Å². The Hall–Kier alpha value is -0.920. The van der Waals surface area contributed by atoms with E-state index >= 15 is 0 Å². The Kier molecular flexibility index (Phi) is 2.18. The summed E-state index contributed by atoms with van der Waals surface area (Å²) < 4.78 is 0. The van der Waals surface area contributed by atoms with Crippen LogP contribution in [0.1, 0.15) is 33.6 Å². The molecule has 0 unspecified atom stereocenters. The largest absolute Gasteiger partial charge is 0.401 e. The van der Waals surface area contributed by atoms with Crippen LogP contribution in [0.3, 0.4) is 0 Å². The third kappa shape index (κ3) is 1.33. The van der Waals surface area contributed by atoms with Crippen LogP contribution in [0, 0.1) is 5.41 Å². The zero-order chi connectivity index (χ0) is 9.35. The molecule has 2 nitrogen and oxygen atoms in total. The molecule has 12 heavy (non-hydrogen) atoms. The normalized spacial score (nSPS) is 22.4. The molecule has 0 heterocycles. The van der Waals surface area contributed by atoms with Crippen molar-refractivity contribution in [2.75, 3.05) is 0 Å². The van der Waals surface area contributed by atoms with Gasteiger partial charge in [-0.15, -0.1) is 0 Å². The van der Waals surface area contributed by atoms with E-state index in [1.165, 1.54) is 0 Å². The monoisotopic (exact) mass is 166 g/mol. The predicted molar refractivity (Wildman–Crippen MR) is 52.2 cm³/mol. The second-order valence-corrected chi connectivity index (χ2v) is 3.99. The fourth-order valence-corrected chi connectivity index (χ4v) is 1.56. The van der Waals surface area contributed by atoms with E-state index in [0.717, 1.165) is 29.8 Å². The first kappa shape index (κ1) is 9.17. The van der Waals surface area contributed by atoms with Crippen molar-refractivity contribution in [1.82, 2.24) is 0 Å². The van der Waals surface area contributed by atoms with E-state index in [0.29, 0.717) is 0 Å². The first-order chi connectivity index (χ1) is 5.49. The molecule has 0 spiro atoms. The Morgan fingerprint density at radius 2 is 2.00 bits per heavy atom. The van der Waals surface area contributed by atoms with Gasteiger partial charge in [-0.2, -0.15) is 0 Å². The predicted octanol–water partition coefficient (Wildman–Crippen LogP) is 1.88. The average Bonchev–Trinajstić information content (AvgIpc) is 2.00. The molecule has 0 bridgehead atoms. The Morgan fingerprint density at radius 3 is 2.42 bits per heavy atom. The summed E-state index contributed by atoms with van der Waals surface area (Å²) in [6, 6.07) is 0. The van der Waals surface area contributed by atoms with Crippen molar-refractivity contribution < 1.29 is 0 Å². The summed E-state index contributed by atoms with van der Waals surface area (Å²) in [6.45, 7) is 6.40. The second kappa shape index (κ2) is 2.85. The molecule has 0 aromatic rings. The van der Waals surface area contributed by atoms with Gasteiger partial charge < -0.3 is 11.5 Å². The lowest BCUT2D eigenvalue weighted by Crippen LogP contribution is -2.27. The molecule has 0 aromatic carbocycles. The maximum Gasteiger partial charge on any atom is 0.0323 e. The van der Waals surface area contributed by atoms with E-state index in [9.17, 15) is 0 Å². The standard InChI is InChI=1S/C10H18N2/c1-4-7-8(11)5-6-10(2,3)9(7)12/h5H,4,6,11-12H2,1-3H3. The fourth-order valence-electron chi connectivity index (χ4n) is 1.56. The maximum atomic E-state index is 6.02. The van der Waals surface area contributed by atoms with Gasteiger partial charge in [0.15, 0.2) is 0 Å². The molecular formula is C10H18N2. The molecule has 2 heteroatoms. The molecule has 4 N–H and O–H groups in total. The first-order valence-electron chi connectivity index (χ1n) is 4.44. The molecular weight excluding hydrogens is 148 g/mol. The molecule has 0 radical (unpaired) electrons. The van der Waals surface area contributed by atoms with Crippen LogP contribution >= 0.6 is 0 Å². The minimum Gasteiger partial charge on any atom is -0.401 e. The van der Waals surface area contributed by atoms with E-state index in [1.807, 2.05) is 0 Å². The molecule has 0 fully saturated rings. The van der Waals surface area contributed by atoms with Crippen molar-refractivity contribution in [2.24, 2.45) is 16.9 Å². The van der Waals surface area contributed by atoms with E-state index < -0.39 is 0 Å². The Morgan fingerprint density at radius 1 is 1.42 bits per heavy atom. The van der Waals surface area contributed by atoms with Crippen LogP contribution in [0.2, 0.25) is 0 Å². The van der Waals surface area contributed by atoms with Crippen molar-refractivity contribution in [3.05, 3.63) is 23.0 Å². The second-order valence-electron chi connectivity index (χ2n) is 3.99. The van der Waals surface area contributed by atoms with Crippen LogP contribution in [0.15, 0.2) is 23.0 Å². The zero-order valence-corrected chi connectivity index (χ0v) is 8.15. The van der Waals surface area contributed by atoms with Crippen molar-refractivity contribution in [3.8, 4) is 0 Å².